The average Bonchev–Trinajstić information content (AvgIpc) is 3.02. The second-order valence-corrected chi connectivity index (χ2v) is 6.66. The van der Waals surface area contributed by atoms with Crippen molar-refractivity contribution in [1.82, 2.24) is 5.32 Å². The van der Waals surface area contributed by atoms with Crippen molar-refractivity contribution in [3.8, 4) is 0 Å². The van der Waals surface area contributed by atoms with Crippen molar-refractivity contribution in [3.63, 3.8) is 0 Å². The molecule has 1 saturated carbocycles. The number of methoxy groups -OCH3 is 1. The van der Waals surface area contributed by atoms with Crippen LogP contribution in [0, 0.1) is 5.92 Å². The van der Waals surface area contributed by atoms with Crippen LogP contribution in [0.4, 0.5) is 4.79 Å². The Labute approximate surface area is 131 Å². The number of rotatable bonds is 3. The fraction of sp³-hybridized carbons (Fsp3) is 0.529. The predicted octanol–water partition coefficient (Wildman–Crippen LogP) is 2.86. The SMILES string of the molecule is COC(=O)[C@@]1(NC(=O)OC(C)(C)C)C(C)C1c1ccccc1. The van der Waals surface area contributed by atoms with E-state index in [-0.39, 0.29) is 11.8 Å². The summed E-state index contributed by atoms with van der Waals surface area (Å²) in [6.07, 6.45) is -0.608. The lowest BCUT2D eigenvalue weighted by Gasteiger charge is -2.23. The first-order valence-electron chi connectivity index (χ1n) is 7.37. The van der Waals surface area contributed by atoms with Gasteiger partial charge in [-0.2, -0.15) is 0 Å². The van der Waals surface area contributed by atoms with E-state index in [1.807, 2.05) is 37.3 Å². The summed E-state index contributed by atoms with van der Waals surface area (Å²) in [6, 6.07) is 9.63. The smallest absolute Gasteiger partial charge is 0.408 e. The van der Waals surface area contributed by atoms with E-state index in [1.165, 1.54) is 7.11 Å². The zero-order valence-corrected chi connectivity index (χ0v) is 13.7. The highest BCUT2D eigenvalue weighted by Crippen LogP contribution is 2.58. The van der Waals surface area contributed by atoms with Gasteiger partial charge in [0, 0.05) is 11.8 Å². The highest BCUT2D eigenvalue weighted by Gasteiger charge is 2.70. The Morgan fingerprint density at radius 2 is 1.77 bits per heavy atom. The first-order chi connectivity index (χ1) is 10.2. The highest BCUT2D eigenvalue weighted by molar-refractivity contribution is 5.92. The molecule has 1 aliphatic rings. The van der Waals surface area contributed by atoms with E-state index >= 15 is 0 Å². The first kappa shape index (κ1) is 16.3. The molecule has 0 spiro atoms. The lowest BCUT2D eigenvalue weighted by atomic mass is 10.1. The van der Waals surface area contributed by atoms with Crippen LogP contribution in [0.1, 0.15) is 39.2 Å². The molecule has 2 rings (SSSR count). The molecule has 1 fully saturated rings. The van der Waals surface area contributed by atoms with Gasteiger partial charge in [-0.3, -0.25) is 0 Å². The standard InChI is InChI=1S/C17H23NO4/c1-11-13(12-9-7-6-8-10-12)17(11,14(19)21-5)18-15(20)22-16(2,3)4/h6-11,13H,1-5H3,(H,18,20)/t11?,13?,17-/m1/s1. The monoisotopic (exact) mass is 305 g/mol. The van der Waals surface area contributed by atoms with Gasteiger partial charge < -0.3 is 14.8 Å². The van der Waals surface area contributed by atoms with Crippen molar-refractivity contribution in [2.75, 3.05) is 7.11 Å². The molecule has 22 heavy (non-hydrogen) atoms. The van der Waals surface area contributed by atoms with E-state index in [2.05, 4.69) is 5.32 Å². The summed E-state index contributed by atoms with van der Waals surface area (Å²) in [7, 11) is 1.33. The molecular formula is C17H23NO4. The Morgan fingerprint density at radius 1 is 1.18 bits per heavy atom. The summed E-state index contributed by atoms with van der Waals surface area (Å²) >= 11 is 0. The third-order valence-electron chi connectivity index (χ3n) is 3.99. The molecule has 0 saturated heterocycles. The number of esters is 1. The Bertz CT molecular complexity index is 564. The minimum absolute atomic E-state index is 0.0603. The summed E-state index contributed by atoms with van der Waals surface area (Å²) in [5.74, 6) is -0.622. The van der Waals surface area contributed by atoms with Crippen LogP contribution >= 0.6 is 0 Å². The molecule has 0 bridgehead atoms. The molecule has 1 aromatic carbocycles. The van der Waals surface area contributed by atoms with E-state index < -0.39 is 23.2 Å². The Morgan fingerprint density at radius 3 is 2.27 bits per heavy atom. The molecule has 5 nitrogen and oxygen atoms in total. The number of nitrogens with one attached hydrogen (secondary N) is 1. The van der Waals surface area contributed by atoms with Gasteiger partial charge in [0.1, 0.15) is 5.60 Å². The minimum Gasteiger partial charge on any atom is -0.467 e. The number of hydrogen-bond donors (Lipinski definition) is 1. The normalized spacial score (nSPS) is 27.0. The summed E-state index contributed by atoms with van der Waals surface area (Å²) in [4.78, 5) is 24.4. The zero-order valence-electron chi connectivity index (χ0n) is 13.7. The molecule has 0 heterocycles. The van der Waals surface area contributed by atoms with Gasteiger partial charge in [-0.25, -0.2) is 9.59 Å². The molecule has 2 unspecified atom stereocenters. The summed E-state index contributed by atoms with van der Waals surface area (Å²) < 4.78 is 10.2. The first-order valence-corrected chi connectivity index (χ1v) is 7.37. The van der Waals surface area contributed by atoms with Gasteiger partial charge in [-0.1, -0.05) is 37.3 Å². The van der Waals surface area contributed by atoms with Gasteiger partial charge in [0.2, 0.25) is 0 Å². The third-order valence-corrected chi connectivity index (χ3v) is 3.99. The van der Waals surface area contributed by atoms with Crippen molar-refractivity contribution < 1.29 is 19.1 Å². The maximum absolute atomic E-state index is 12.3. The van der Waals surface area contributed by atoms with Crippen LogP contribution in [0.5, 0.6) is 0 Å². The van der Waals surface area contributed by atoms with E-state index in [0.717, 1.165) is 5.56 Å². The lowest BCUT2D eigenvalue weighted by Crippen LogP contribution is -2.48. The van der Waals surface area contributed by atoms with Crippen molar-refractivity contribution in [1.29, 1.82) is 0 Å². The van der Waals surface area contributed by atoms with Crippen LogP contribution in [0.3, 0.4) is 0 Å². The van der Waals surface area contributed by atoms with Crippen LogP contribution in [-0.2, 0) is 14.3 Å². The van der Waals surface area contributed by atoms with Gasteiger partial charge in [-0.15, -0.1) is 0 Å². The molecule has 0 aromatic heterocycles. The molecule has 0 radical (unpaired) electrons. The summed E-state index contributed by atoms with van der Waals surface area (Å²) in [5.41, 5.74) is -0.684. The fourth-order valence-corrected chi connectivity index (χ4v) is 2.97. The van der Waals surface area contributed by atoms with Crippen molar-refractivity contribution in [2.24, 2.45) is 5.92 Å². The molecule has 0 aliphatic heterocycles. The van der Waals surface area contributed by atoms with E-state index in [4.69, 9.17) is 9.47 Å². The number of ether oxygens (including phenoxy) is 2. The zero-order chi connectivity index (χ0) is 16.5. The topological polar surface area (TPSA) is 64.6 Å². The van der Waals surface area contributed by atoms with Crippen molar-refractivity contribution >= 4 is 12.1 Å². The van der Waals surface area contributed by atoms with Crippen LogP contribution < -0.4 is 5.32 Å². The maximum Gasteiger partial charge on any atom is 0.408 e. The molecule has 120 valence electrons. The number of alkyl carbamates (subject to hydrolysis) is 1. The van der Waals surface area contributed by atoms with E-state index in [0.29, 0.717) is 0 Å². The average molecular weight is 305 g/mol. The molecule has 1 aromatic rings. The molecule has 1 amide bonds. The molecule has 3 atom stereocenters. The third kappa shape index (κ3) is 2.93. The fourth-order valence-electron chi connectivity index (χ4n) is 2.97. The minimum atomic E-state index is -1.06. The number of carbonyl (C=O) groups is 2. The largest absolute Gasteiger partial charge is 0.467 e. The summed E-state index contributed by atoms with van der Waals surface area (Å²) in [6.45, 7) is 7.26. The Balaban J connectivity index is 2.24. The molecule has 1 N–H and O–H groups in total. The van der Waals surface area contributed by atoms with Gasteiger partial charge in [0.25, 0.3) is 0 Å². The second-order valence-electron chi connectivity index (χ2n) is 6.66. The van der Waals surface area contributed by atoms with Gasteiger partial charge in [-0.05, 0) is 26.3 Å². The maximum atomic E-state index is 12.3. The second kappa shape index (κ2) is 5.63. The lowest BCUT2D eigenvalue weighted by molar-refractivity contribution is -0.145. The van der Waals surface area contributed by atoms with Crippen LogP contribution in [-0.4, -0.2) is 30.3 Å². The van der Waals surface area contributed by atoms with Gasteiger partial charge in [0.15, 0.2) is 5.54 Å². The van der Waals surface area contributed by atoms with Crippen LogP contribution in [0.15, 0.2) is 30.3 Å². The van der Waals surface area contributed by atoms with Crippen molar-refractivity contribution in [3.05, 3.63) is 35.9 Å². The Hall–Kier alpha value is -2.04. The number of amides is 1. The summed E-state index contributed by atoms with van der Waals surface area (Å²) in [5, 5.41) is 2.74. The highest BCUT2D eigenvalue weighted by atomic mass is 16.6. The molecule has 5 heteroatoms. The number of benzene rings is 1. The van der Waals surface area contributed by atoms with E-state index in [9.17, 15) is 9.59 Å². The number of carbonyl (C=O) groups excluding carboxylic acids is 2. The van der Waals surface area contributed by atoms with Crippen LogP contribution in [0.2, 0.25) is 0 Å². The molecular weight excluding hydrogens is 282 g/mol. The quantitative estimate of drug-likeness (QED) is 0.872. The predicted molar refractivity (Wildman–Crippen MR) is 82.5 cm³/mol. The van der Waals surface area contributed by atoms with E-state index in [1.54, 1.807) is 20.8 Å². The Kier molecular flexibility index (Phi) is 4.18. The van der Waals surface area contributed by atoms with Gasteiger partial charge >= 0.3 is 12.1 Å². The van der Waals surface area contributed by atoms with Crippen molar-refractivity contribution in [2.45, 2.75) is 44.8 Å². The van der Waals surface area contributed by atoms with Gasteiger partial charge in [0.05, 0.1) is 7.11 Å². The van der Waals surface area contributed by atoms with Crippen LogP contribution in [0.25, 0.3) is 0 Å². The molecule has 1 aliphatic carbocycles. The number of hydrogen-bond acceptors (Lipinski definition) is 4.